The summed E-state index contributed by atoms with van der Waals surface area (Å²) in [5, 5.41) is 4.64. The summed E-state index contributed by atoms with van der Waals surface area (Å²) in [4.78, 5) is 19.3. The van der Waals surface area contributed by atoms with E-state index in [-0.39, 0.29) is 5.91 Å². The van der Waals surface area contributed by atoms with Gasteiger partial charge >= 0.3 is 0 Å². The molecule has 2 fully saturated rings. The molecule has 1 N–H and O–H groups in total. The van der Waals surface area contributed by atoms with Crippen LogP contribution in [0.5, 0.6) is 5.75 Å². The molecule has 1 heterocycles. The summed E-state index contributed by atoms with van der Waals surface area (Å²) in [5.41, 5.74) is 3.80. The first-order valence-electron chi connectivity index (χ1n) is 10.9. The molecule has 0 atom stereocenters. The highest BCUT2D eigenvalue weighted by Gasteiger charge is 2.30. The van der Waals surface area contributed by atoms with Crippen molar-refractivity contribution >= 4 is 28.4 Å². The number of halogens is 1. The molecule has 1 amide bonds. The lowest BCUT2D eigenvalue weighted by atomic mass is 10.1. The van der Waals surface area contributed by atoms with E-state index in [0.29, 0.717) is 17.2 Å². The topological polar surface area (TPSA) is 54.5 Å². The Kier molecular flexibility index (Phi) is 5.55. The molecular weight excluding hydrogens is 410 g/mol. The summed E-state index contributed by atoms with van der Waals surface area (Å²) >= 11 is 6.55. The van der Waals surface area contributed by atoms with Gasteiger partial charge in [-0.15, -0.1) is 0 Å². The Bertz CT molecular complexity index is 1110. The van der Waals surface area contributed by atoms with Crippen LogP contribution < -0.4 is 10.1 Å². The number of hydrogen-bond donors (Lipinski definition) is 1. The average Bonchev–Trinajstić information content (AvgIpc) is 3.68. The molecule has 2 saturated carbocycles. The van der Waals surface area contributed by atoms with Gasteiger partial charge in [-0.05, 0) is 61.6 Å². The Morgan fingerprint density at radius 1 is 1.10 bits per heavy atom. The van der Waals surface area contributed by atoms with Crippen molar-refractivity contribution < 1.29 is 9.53 Å². The van der Waals surface area contributed by atoms with Crippen molar-refractivity contribution in [3.8, 4) is 5.75 Å². The van der Waals surface area contributed by atoms with Crippen LogP contribution in [0, 0.1) is 0 Å². The highest BCUT2D eigenvalue weighted by molar-refractivity contribution is 6.30. The molecule has 6 heteroatoms. The van der Waals surface area contributed by atoms with Crippen molar-refractivity contribution in [2.24, 2.45) is 0 Å². The Morgan fingerprint density at radius 3 is 2.55 bits per heavy atom. The third-order valence-corrected chi connectivity index (χ3v) is 6.33. The van der Waals surface area contributed by atoms with Gasteiger partial charge < -0.3 is 10.1 Å². The van der Waals surface area contributed by atoms with Crippen LogP contribution in [0.15, 0.2) is 48.5 Å². The zero-order valence-electron chi connectivity index (χ0n) is 17.6. The first-order valence-corrected chi connectivity index (χ1v) is 11.2. The lowest BCUT2D eigenvalue weighted by Gasteiger charge is -2.23. The molecule has 31 heavy (non-hydrogen) atoms. The first kappa shape index (κ1) is 20.3. The van der Waals surface area contributed by atoms with Gasteiger partial charge in [0.25, 0.3) is 5.91 Å². The number of hydrogen-bond acceptors (Lipinski definition) is 4. The SMILES string of the molecule is COc1ccc2cc(CN(Cc3ccc(C(=O)NC4CC4)cc3)C3CC3)c(Cl)nc2c1. The van der Waals surface area contributed by atoms with E-state index in [4.69, 9.17) is 16.3 Å². The smallest absolute Gasteiger partial charge is 0.251 e. The summed E-state index contributed by atoms with van der Waals surface area (Å²) in [7, 11) is 1.65. The second kappa shape index (κ2) is 8.48. The number of carbonyl (C=O) groups is 1. The molecule has 5 rings (SSSR count). The molecule has 2 aromatic carbocycles. The van der Waals surface area contributed by atoms with Gasteiger partial charge in [0.1, 0.15) is 10.9 Å². The van der Waals surface area contributed by atoms with Gasteiger partial charge in [0.2, 0.25) is 0 Å². The number of benzene rings is 2. The lowest BCUT2D eigenvalue weighted by Crippen LogP contribution is -2.26. The number of rotatable bonds is 8. The molecule has 160 valence electrons. The van der Waals surface area contributed by atoms with Gasteiger partial charge in [0.05, 0.1) is 12.6 Å². The Morgan fingerprint density at radius 2 is 1.87 bits per heavy atom. The van der Waals surface area contributed by atoms with Crippen LogP contribution >= 0.6 is 11.6 Å². The van der Waals surface area contributed by atoms with E-state index in [9.17, 15) is 4.79 Å². The minimum atomic E-state index is 0.0266. The maximum absolute atomic E-state index is 12.2. The van der Waals surface area contributed by atoms with E-state index >= 15 is 0 Å². The molecule has 3 aromatic rings. The molecular formula is C25H26ClN3O2. The quantitative estimate of drug-likeness (QED) is 0.508. The summed E-state index contributed by atoms with van der Waals surface area (Å²) < 4.78 is 5.29. The van der Waals surface area contributed by atoms with Gasteiger partial charge in [-0.3, -0.25) is 9.69 Å². The number of amides is 1. The molecule has 0 aliphatic heterocycles. The predicted molar refractivity (Wildman–Crippen MR) is 123 cm³/mol. The number of pyridine rings is 1. The van der Waals surface area contributed by atoms with E-state index in [1.807, 2.05) is 30.3 Å². The van der Waals surface area contributed by atoms with Crippen LogP contribution in [-0.4, -0.2) is 35.0 Å². The van der Waals surface area contributed by atoms with Crippen molar-refractivity contribution in [3.63, 3.8) is 0 Å². The number of carbonyl (C=O) groups excluding carboxylic acids is 1. The predicted octanol–water partition coefficient (Wildman–Crippen LogP) is 4.95. The maximum atomic E-state index is 12.2. The van der Waals surface area contributed by atoms with E-state index < -0.39 is 0 Å². The molecule has 5 nitrogen and oxygen atoms in total. The molecule has 0 unspecified atom stereocenters. The number of ether oxygens (including phenoxy) is 1. The molecule has 1 aromatic heterocycles. The maximum Gasteiger partial charge on any atom is 0.251 e. The standard InChI is InChI=1S/C25H26ClN3O2/c1-31-22-11-6-18-12-19(24(26)28-23(18)13-22)15-29(21-9-10-21)14-16-2-4-17(5-3-16)25(30)27-20-7-8-20/h2-6,11-13,20-21H,7-10,14-15H2,1H3,(H,27,30). The van der Waals surface area contributed by atoms with Crippen LogP contribution in [0.1, 0.15) is 47.2 Å². The number of fused-ring (bicyclic) bond motifs is 1. The Labute approximate surface area is 187 Å². The van der Waals surface area contributed by atoms with Crippen LogP contribution in [0.3, 0.4) is 0 Å². The van der Waals surface area contributed by atoms with Crippen LogP contribution in [0.4, 0.5) is 0 Å². The normalized spacial score (nSPS) is 16.0. The highest BCUT2D eigenvalue weighted by atomic mass is 35.5. The molecule has 0 radical (unpaired) electrons. The molecule has 0 saturated heterocycles. The van der Waals surface area contributed by atoms with Crippen molar-refractivity contribution in [2.45, 2.75) is 50.9 Å². The second-order valence-corrected chi connectivity index (χ2v) is 8.94. The number of aromatic nitrogens is 1. The van der Waals surface area contributed by atoms with E-state index in [1.54, 1.807) is 7.11 Å². The summed E-state index contributed by atoms with van der Waals surface area (Å²) in [6.45, 7) is 1.58. The van der Waals surface area contributed by atoms with Gasteiger partial charge in [-0.25, -0.2) is 4.98 Å². The summed E-state index contributed by atoms with van der Waals surface area (Å²) in [6, 6.07) is 16.9. The fourth-order valence-electron chi connectivity index (χ4n) is 3.87. The van der Waals surface area contributed by atoms with Crippen molar-refractivity contribution in [3.05, 3.63) is 70.4 Å². The Balaban J connectivity index is 1.31. The molecule has 0 spiro atoms. The van der Waals surface area contributed by atoms with E-state index in [1.165, 1.54) is 18.4 Å². The fraction of sp³-hybridized carbons (Fsp3) is 0.360. The minimum absolute atomic E-state index is 0.0266. The fourth-order valence-corrected chi connectivity index (χ4v) is 4.08. The summed E-state index contributed by atoms with van der Waals surface area (Å²) in [6.07, 6.45) is 4.61. The molecule has 0 bridgehead atoms. The van der Waals surface area contributed by atoms with Gasteiger partial charge in [0.15, 0.2) is 0 Å². The minimum Gasteiger partial charge on any atom is -0.497 e. The number of nitrogens with one attached hydrogen (secondary N) is 1. The monoisotopic (exact) mass is 435 g/mol. The average molecular weight is 436 g/mol. The van der Waals surface area contributed by atoms with Crippen LogP contribution in [-0.2, 0) is 13.1 Å². The zero-order chi connectivity index (χ0) is 21.4. The number of nitrogens with zero attached hydrogens (tertiary/aromatic N) is 2. The van der Waals surface area contributed by atoms with E-state index in [2.05, 4.69) is 33.4 Å². The second-order valence-electron chi connectivity index (χ2n) is 8.58. The van der Waals surface area contributed by atoms with Gasteiger partial charge in [-0.2, -0.15) is 0 Å². The third kappa shape index (κ3) is 4.83. The molecule has 2 aliphatic rings. The Hall–Kier alpha value is -2.63. The summed E-state index contributed by atoms with van der Waals surface area (Å²) in [5.74, 6) is 0.802. The lowest BCUT2D eigenvalue weighted by molar-refractivity contribution is 0.0951. The van der Waals surface area contributed by atoms with Gasteiger partial charge in [-0.1, -0.05) is 23.7 Å². The van der Waals surface area contributed by atoms with Crippen LogP contribution in [0.2, 0.25) is 5.15 Å². The van der Waals surface area contributed by atoms with Crippen LogP contribution in [0.25, 0.3) is 10.9 Å². The molecule has 2 aliphatic carbocycles. The zero-order valence-corrected chi connectivity index (χ0v) is 18.4. The third-order valence-electron chi connectivity index (χ3n) is 6.00. The van der Waals surface area contributed by atoms with Crippen molar-refractivity contribution in [2.75, 3.05) is 7.11 Å². The van der Waals surface area contributed by atoms with Gasteiger partial charge in [0, 0.05) is 47.8 Å². The highest BCUT2D eigenvalue weighted by Crippen LogP contribution is 2.32. The first-order chi connectivity index (χ1) is 15.1. The number of methoxy groups -OCH3 is 1. The van der Waals surface area contributed by atoms with Crippen molar-refractivity contribution in [1.29, 1.82) is 0 Å². The van der Waals surface area contributed by atoms with Crippen molar-refractivity contribution in [1.82, 2.24) is 15.2 Å². The largest absolute Gasteiger partial charge is 0.497 e. The van der Waals surface area contributed by atoms with E-state index in [0.717, 1.165) is 53.7 Å².